The van der Waals surface area contributed by atoms with Crippen LogP contribution in [-0.4, -0.2) is 15.2 Å². The maximum atomic E-state index is 4.57. The van der Waals surface area contributed by atoms with Crippen LogP contribution in [0.5, 0.6) is 0 Å². The molecule has 1 N–H and O–H groups in total. The summed E-state index contributed by atoms with van der Waals surface area (Å²) in [5.74, 6) is 0. The Morgan fingerprint density at radius 2 is 2.00 bits per heavy atom. The fourth-order valence-electron chi connectivity index (χ4n) is 1.64. The second-order valence-electron chi connectivity index (χ2n) is 4.87. The van der Waals surface area contributed by atoms with Crippen molar-refractivity contribution < 1.29 is 0 Å². The molecule has 0 saturated heterocycles. The molecule has 2 aromatic heterocycles. The van der Waals surface area contributed by atoms with E-state index < -0.39 is 0 Å². The number of rotatable bonds is 1. The van der Waals surface area contributed by atoms with Gasteiger partial charge in [-0.1, -0.05) is 27.7 Å². The van der Waals surface area contributed by atoms with Crippen molar-refractivity contribution in [2.75, 3.05) is 0 Å². The molecular weight excluding hydrogens is 186 g/mol. The van der Waals surface area contributed by atoms with Crippen LogP contribution in [-0.2, 0) is 11.8 Å². The fraction of sp³-hybridized carbons (Fsp3) is 0.500. The average molecular weight is 203 g/mol. The highest BCUT2D eigenvalue weighted by molar-refractivity contribution is 5.77. The number of aromatic amines is 1. The Morgan fingerprint density at radius 3 is 2.60 bits per heavy atom. The first-order valence-electron chi connectivity index (χ1n) is 5.37. The van der Waals surface area contributed by atoms with Crippen LogP contribution in [0.3, 0.4) is 0 Å². The molecule has 0 unspecified atom stereocenters. The smallest absolute Gasteiger partial charge is 0.181 e. The van der Waals surface area contributed by atoms with Gasteiger partial charge < -0.3 is 0 Å². The van der Waals surface area contributed by atoms with Gasteiger partial charge in [0.2, 0.25) is 0 Å². The lowest BCUT2D eigenvalue weighted by atomic mass is 9.91. The number of H-pyrrole nitrogens is 1. The van der Waals surface area contributed by atoms with Crippen LogP contribution >= 0.6 is 0 Å². The first-order chi connectivity index (χ1) is 7.02. The van der Waals surface area contributed by atoms with Gasteiger partial charge in [-0.3, -0.25) is 5.10 Å². The van der Waals surface area contributed by atoms with E-state index in [9.17, 15) is 0 Å². The van der Waals surface area contributed by atoms with Crippen LogP contribution in [0.1, 0.15) is 39.1 Å². The minimum Gasteiger partial charge on any atom is -0.280 e. The Bertz CT molecular complexity index is 477. The molecule has 0 saturated carbocycles. The highest BCUT2D eigenvalue weighted by Gasteiger charge is 2.16. The number of fused-ring (bicyclic) bond motifs is 1. The quantitative estimate of drug-likeness (QED) is 0.774. The molecule has 2 heterocycles. The number of pyridine rings is 1. The predicted molar refractivity (Wildman–Crippen MR) is 62.0 cm³/mol. The summed E-state index contributed by atoms with van der Waals surface area (Å²) in [7, 11) is 0. The Kier molecular flexibility index (Phi) is 2.25. The molecule has 0 aliphatic carbocycles. The SMILES string of the molecule is CCc1[nH]nc2nc(C(C)(C)C)ccc12. The second-order valence-corrected chi connectivity index (χ2v) is 4.87. The van der Waals surface area contributed by atoms with E-state index in [0.717, 1.165) is 28.8 Å². The zero-order valence-corrected chi connectivity index (χ0v) is 9.76. The van der Waals surface area contributed by atoms with Gasteiger partial charge in [0.05, 0.1) is 0 Å². The predicted octanol–water partition coefficient (Wildman–Crippen LogP) is 2.82. The van der Waals surface area contributed by atoms with Crippen LogP contribution < -0.4 is 0 Å². The molecule has 0 amide bonds. The maximum absolute atomic E-state index is 4.57. The van der Waals surface area contributed by atoms with Gasteiger partial charge in [0, 0.05) is 22.2 Å². The molecule has 2 rings (SSSR count). The summed E-state index contributed by atoms with van der Waals surface area (Å²) in [4.78, 5) is 4.57. The van der Waals surface area contributed by atoms with Crippen LogP contribution in [0.2, 0.25) is 0 Å². The Morgan fingerprint density at radius 1 is 1.27 bits per heavy atom. The van der Waals surface area contributed by atoms with Crippen molar-refractivity contribution in [1.82, 2.24) is 15.2 Å². The minimum atomic E-state index is 0.0829. The van der Waals surface area contributed by atoms with Crippen molar-refractivity contribution in [3.05, 3.63) is 23.5 Å². The molecule has 0 aliphatic rings. The van der Waals surface area contributed by atoms with E-state index in [4.69, 9.17) is 0 Å². The third-order valence-electron chi connectivity index (χ3n) is 2.62. The highest BCUT2D eigenvalue weighted by Crippen LogP contribution is 2.23. The molecule has 3 nitrogen and oxygen atoms in total. The summed E-state index contributed by atoms with van der Waals surface area (Å²) >= 11 is 0. The molecule has 2 aromatic rings. The molecule has 0 bridgehead atoms. The molecule has 80 valence electrons. The Labute approximate surface area is 89.9 Å². The molecule has 0 spiro atoms. The monoisotopic (exact) mass is 203 g/mol. The first-order valence-corrected chi connectivity index (χ1v) is 5.37. The van der Waals surface area contributed by atoms with Gasteiger partial charge in [0.1, 0.15) is 0 Å². The lowest BCUT2D eigenvalue weighted by Gasteiger charge is -2.16. The fourth-order valence-corrected chi connectivity index (χ4v) is 1.64. The molecule has 0 aromatic carbocycles. The van der Waals surface area contributed by atoms with E-state index in [1.807, 2.05) is 0 Å². The normalized spacial score (nSPS) is 12.3. The molecule has 0 aliphatic heterocycles. The number of nitrogens with zero attached hydrogens (tertiary/aromatic N) is 2. The molecule has 3 heteroatoms. The summed E-state index contributed by atoms with van der Waals surface area (Å²) in [6, 6.07) is 4.21. The van der Waals surface area contributed by atoms with E-state index in [-0.39, 0.29) is 5.41 Å². The van der Waals surface area contributed by atoms with Gasteiger partial charge >= 0.3 is 0 Å². The van der Waals surface area contributed by atoms with Crippen molar-refractivity contribution >= 4 is 11.0 Å². The van der Waals surface area contributed by atoms with Crippen LogP contribution in [0, 0.1) is 0 Å². The molecule has 0 fully saturated rings. The van der Waals surface area contributed by atoms with Gasteiger partial charge in [0.15, 0.2) is 5.65 Å². The summed E-state index contributed by atoms with van der Waals surface area (Å²) in [6.07, 6.45) is 0.965. The number of aromatic nitrogens is 3. The van der Waals surface area contributed by atoms with Crippen molar-refractivity contribution in [2.45, 2.75) is 39.5 Å². The van der Waals surface area contributed by atoms with Crippen LogP contribution in [0.4, 0.5) is 0 Å². The summed E-state index contributed by atoms with van der Waals surface area (Å²) in [6.45, 7) is 8.60. The van der Waals surface area contributed by atoms with Crippen molar-refractivity contribution in [3.8, 4) is 0 Å². The third-order valence-corrected chi connectivity index (χ3v) is 2.62. The van der Waals surface area contributed by atoms with Gasteiger partial charge in [0.25, 0.3) is 0 Å². The van der Waals surface area contributed by atoms with Crippen LogP contribution in [0.25, 0.3) is 11.0 Å². The van der Waals surface area contributed by atoms with Crippen molar-refractivity contribution in [1.29, 1.82) is 0 Å². The lowest BCUT2D eigenvalue weighted by molar-refractivity contribution is 0.571. The number of hydrogen-bond acceptors (Lipinski definition) is 2. The van der Waals surface area contributed by atoms with Gasteiger partial charge in [-0.05, 0) is 18.6 Å². The Balaban J connectivity index is 2.58. The van der Waals surface area contributed by atoms with E-state index in [1.165, 1.54) is 0 Å². The highest BCUT2D eigenvalue weighted by atomic mass is 15.1. The first kappa shape index (κ1) is 10.1. The lowest BCUT2D eigenvalue weighted by Crippen LogP contribution is -2.13. The maximum Gasteiger partial charge on any atom is 0.181 e. The third kappa shape index (κ3) is 1.74. The number of aryl methyl sites for hydroxylation is 1. The second kappa shape index (κ2) is 3.33. The molecule has 0 radical (unpaired) electrons. The van der Waals surface area contributed by atoms with Crippen LogP contribution in [0.15, 0.2) is 12.1 Å². The zero-order valence-electron chi connectivity index (χ0n) is 9.76. The standard InChI is InChI=1S/C12H17N3/c1-5-9-8-6-7-10(12(2,3)4)13-11(8)15-14-9/h6-7H,5H2,1-4H3,(H,13,14,15). The zero-order chi connectivity index (χ0) is 11.1. The van der Waals surface area contributed by atoms with Gasteiger partial charge in [-0.25, -0.2) is 4.98 Å². The summed E-state index contributed by atoms with van der Waals surface area (Å²) in [5, 5.41) is 8.40. The number of hydrogen-bond donors (Lipinski definition) is 1. The summed E-state index contributed by atoms with van der Waals surface area (Å²) in [5.41, 5.74) is 3.17. The molecular formula is C12H17N3. The largest absolute Gasteiger partial charge is 0.280 e. The van der Waals surface area contributed by atoms with E-state index in [1.54, 1.807) is 0 Å². The topological polar surface area (TPSA) is 41.6 Å². The van der Waals surface area contributed by atoms with E-state index in [0.29, 0.717) is 0 Å². The Hall–Kier alpha value is -1.38. The van der Waals surface area contributed by atoms with E-state index >= 15 is 0 Å². The van der Waals surface area contributed by atoms with Crippen molar-refractivity contribution in [3.63, 3.8) is 0 Å². The van der Waals surface area contributed by atoms with Gasteiger partial charge in [-0.15, -0.1) is 0 Å². The molecule has 15 heavy (non-hydrogen) atoms. The van der Waals surface area contributed by atoms with Crippen molar-refractivity contribution in [2.24, 2.45) is 0 Å². The number of nitrogens with one attached hydrogen (secondary N) is 1. The van der Waals surface area contributed by atoms with E-state index in [2.05, 4.69) is 55.0 Å². The minimum absolute atomic E-state index is 0.0829. The van der Waals surface area contributed by atoms with Gasteiger partial charge in [-0.2, -0.15) is 5.10 Å². The molecule has 0 atom stereocenters. The average Bonchev–Trinajstić information content (AvgIpc) is 2.58. The summed E-state index contributed by atoms with van der Waals surface area (Å²) < 4.78 is 0.